The van der Waals surface area contributed by atoms with E-state index in [1.807, 2.05) is 59.9 Å². The number of carbonyl (C=O) groups is 1. The van der Waals surface area contributed by atoms with Crippen molar-refractivity contribution in [3.05, 3.63) is 78.6 Å². The zero-order chi connectivity index (χ0) is 19.2. The smallest absolute Gasteiger partial charge is 0.260 e. The highest BCUT2D eigenvalue weighted by Gasteiger charge is 2.26. The third-order valence-corrected chi connectivity index (χ3v) is 5.14. The van der Waals surface area contributed by atoms with Crippen LogP contribution in [0, 0.1) is 0 Å². The van der Waals surface area contributed by atoms with Gasteiger partial charge in [0.2, 0.25) is 0 Å². The fourth-order valence-corrected chi connectivity index (χ4v) is 3.64. The minimum Gasteiger partial charge on any atom is -0.484 e. The molecule has 0 radical (unpaired) electrons. The molecule has 3 heterocycles. The van der Waals surface area contributed by atoms with E-state index in [-0.39, 0.29) is 12.5 Å². The lowest BCUT2D eigenvalue weighted by Gasteiger charge is -2.32. The van der Waals surface area contributed by atoms with Gasteiger partial charge >= 0.3 is 0 Å². The minimum absolute atomic E-state index is 0.0426. The first-order valence-electron chi connectivity index (χ1n) is 9.65. The SMILES string of the molecule is O=C(COc1ccccc1)N1CCC(c2nccn2Cc2cccnc2)CC1. The Bertz CT molecular complexity index is 887. The molecule has 0 spiro atoms. The van der Waals surface area contributed by atoms with Crippen molar-refractivity contribution in [3.8, 4) is 5.75 Å². The van der Waals surface area contributed by atoms with Crippen LogP contribution in [0.3, 0.4) is 0 Å². The van der Waals surface area contributed by atoms with Gasteiger partial charge in [-0.25, -0.2) is 4.98 Å². The highest BCUT2D eigenvalue weighted by Crippen LogP contribution is 2.27. The van der Waals surface area contributed by atoms with Crippen molar-refractivity contribution < 1.29 is 9.53 Å². The summed E-state index contributed by atoms with van der Waals surface area (Å²) in [7, 11) is 0. The molecule has 3 aromatic rings. The Labute approximate surface area is 164 Å². The lowest BCUT2D eigenvalue weighted by atomic mass is 9.95. The van der Waals surface area contributed by atoms with Gasteiger partial charge < -0.3 is 14.2 Å². The predicted octanol–water partition coefficient (Wildman–Crippen LogP) is 3.11. The Morgan fingerprint density at radius 1 is 1.07 bits per heavy atom. The van der Waals surface area contributed by atoms with E-state index in [4.69, 9.17) is 4.74 Å². The second-order valence-electron chi connectivity index (χ2n) is 7.03. The van der Waals surface area contributed by atoms with Crippen LogP contribution in [0.4, 0.5) is 0 Å². The van der Waals surface area contributed by atoms with Crippen LogP contribution in [0.15, 0.2) is 67.3 Å². The molecule has 6 nitrogen and oxygen atoms in total. The van der Waals surface area contributed by atoms with Crippen molar-refractivity contribution in [3.63, 3.8) is 0 Å². The van der Waals surface area contributed by atoms with E-state index in [2.05, 4.69) is 20.6 Å². The van der Waals surface area contributed by atoms with Crippen molar-refractivity contribution in [1.29, 1.82) is 0 Å². The number of hydrogen-bond acceptors (Lipinski definition) is 4. The van der Waals surface area contributed by atoms with Gasteiger partial charge in [0.1, 0.15) is 11.6 Å². The predicted molar refractivity (Wildman–Crippen MR) is 106 cm³/mol. The first kappa shape index (κ1) is 18.2. The first-order chi connectivity index (χ1) is 13.8. The number of para-hydroxylation sites is 1. The van der Waals surface area contributed by atoms with Gasteiger partial charge in [0.05, 0.1) is 6.54 Å². The van der Waals surface area contributed by atoms with Crippen molar-refractivity contribution in [2.24, 2.45) is 0 Å². The Hall–Kier alpha value is -3.15. The molecule has 1 aliphatic rings. The first-order valence-corrected chi connectivity index (χ1v) is 9.65. The summed E-state index contributed by atoms with van der Waals surface area (Å²) in [4.78, 5) is 23.1. The molecule has 0 saturated carbocycles. The Balaban J connectivity index is 1.31. The van der Waals surface area contributed by atoms with Crippen LogP contribution in [0.25, 0.3) is 0 Å². The molecule has 0 unspecified atom stereocenters. The molecular weight excluding hydrogens is 352 g/mol. The summed E-state index contributed by atoms with van der Waals surface area (Å²) >= 11 is 0. The van der Waals surface area contributed by atoms with Gasteiger partial charge in [-0.05, 0) is 36.6 Å². The third-order valence-electron chi connectivity index (χ3n) is 5.14. The molecule has 6 heteroatoms. The summed E-state index contributed by atoms with van der Waals surface area (Å²) < 4.78 is 7.78. The summed E-state index contributed by atoms with van der Waals surface area (Å²) in [5.74, 6) is 2.23. The second kappa shape index (κ2) is 8.69. The molecule has 0 bridgehead atoms. The molecule has 1 fully saturated rings. The number of likely N-dealkylation sites (tertiary alicyclic amines) is 1. The minimum atomic E-state index is 0.0426. The fraction of sp³-hybridized carbons (Fsp3) is 0.318. The molecule has 1 aromatic carbocycles. The summed E-state index contributed by atoms with van der Waals surface area (Å²) in [6.07, 6.45) is 9.39. The number of rotatable bonds is 6. The lowest BCUT2D eigenvalue weighted by molar-refractivity contribution is -0.134. The molecule has 4 rings (SSSR count). The molecule has 144 valence electrons. The van der Waals surface area contributed by atoms with Crippen LogP contribution in [0.5, 0.6) is 5.75 Å². The number of hydrogen-bond donors (Lipinski definition) is 0. The summed E-state index contributed by atoms with van der Waals surface area (Å²) in [5, 5.41) is 0. The van der Waals surface area contributed by atoms with Gasteiger partial charge in [-0.1, -0.05) is 24.3 Å². The summed E-state index contributed by atoms with van der Waals surface area (Å²) in [6.45, 7) is 2.33. The van der Waals surface area contributed by atoms with Gasteiger partial charge in [-0.2, -0.15) is 0 Å². The highest BCUT2D eigenvalue weighted by atomic mass is 16.5. The number of piperidine rings is 1. The van der Waals surface area contributed by atoms with Crippen molar-refractivity contribution in [2.75, 3.05) is 19.7 Å². The number of carbonyl (C=O) groups excluding carboxylic acids is 1. The molecule has 1 saturated heterocycles. The van der Waals surface area contributed by atoms with Crippen molar-refractivity contribution >= 4 is 5.91 Å². The zero-order valence-electron chi connectivity index (χ0n) is 15.8. The van der Waals surface area contributed by atoms with E-state index in [9.17, 15) is 4.79 Å². The van der Waals surface area contributed by atoms with Gasteiger partial charge in [0.25, 0.3) is 5.91 Å². The Morgan fingerprint density at radius 2 is 1.89 bits per heavy atom. The quantitative estimate of drug-likeness (QED) is 0.663. The van der Waals surface area contributed by atoms with Crippen LogP contribution < -0.4 is 4.74 Å². The zero-order valence-corrected chi connectivity index (χ0v) is 15.8. The van der Waals surface area contributed by atoms with Gasteiger partial charge in [-0.15, -0.1) is 0 Å². The number of ether oxygens (including phenoxy) is 1. The molecular formula is C22H24N4O2. The van der Waals surface area contributed by atoms with Crippen LogP contribution >= 0.6 is 0 Å². The van der Waals surface area contributed by atoms with E-state index < -0.39 is 0 Å². The van der Waals surface area contributed by atoms with Gasteiger partial charge in [0.15, 0.2) is 6.61 Å². The van der Waals surface area contributed by atoms with E-state index in [0.717, 1.165) is 49.6 Å². The molecule has 0 N–H and O–H groups in total. The largest absolute Gasteiger partial charge is 0.484 e. The average molecular weight is 376 g/mol. The van der Waals surface area contributed by atoms with E-state index >= 15 is 0 Å². The van der Waals surface area contributed by atoms with Crippen molar-refractivity contribution in [1.82, 2.24) is 19.4 Å². The molecule has 1 aliphatic heterocycles. The fourth-order valence-electron chi connectivity index (χ4n) is 3.64. The van der Waals surface area contributed by atoms with Gasteiger partial charge in [0, 0.05) is 43.8 Å². The van der Waals surface area contributed by atoms with E-state index in [0.29, 0.717) is 5.92 Å². The monoisotopic (exact) mass is 376 g/mol. The van der Waals surface area contributed by atoms with Crippen LogP contribution in [0.2, 0.25) is 0 Å². The average Bonchev–Trinajstić information content (AvgIpc) is 3.21. The van der Waals surface area contributed by atoms with Crippen molar-refractivity contribution in [2.45, 2.75) is 25.3 Å². The number of pyridine rings is 1. The van der Waals surface area contributed by atoms with Crippen LogP contribution in [-0.4, -0.2) is 45.0 Å². The van der Waals surface area contributed by atoms with E-state index in [1.165, 1.54) is 0 Å². The summed E-state index contributed by atoms with van der Waals surface area (Å²) in [6, 6.07) is 13.5. The number of imidazole rings is 1. The van der Waals surface area contributed by atoms with E-state index in [1.54, 1.807) is 6.20 Å². The van der Waals surface area contributed by atoms with Crippen LogP contribution in [-0.2, 0) is 11.3 Å². The standard InChI is InChI=1S/C22H24N4O2/c27-21(17-28-20-6-2-1-3-7-20)25-12-8-19(9-13-25)22-24-11-14-26(22)16-18-5-4-10-23-15-18/h1-7,10-11,14-15,19H,8-9,12-13,16-17H2. The maximum absolute atomic E-state index is 12.4. The number of nitrogens with zero attached hydrogens (tertiary/aromatic N) is 4. The van der Waals surface area contributed by atoms with Crippen LogP contribution in [0.1, 0.15) is 30.1 Å². The maximum atomic E-state index is 12.4. The number of benzene rings is 1. The number of aromatic nitrogens is 3. The third kappa shape index (κ3) is 4.39. The molecule has 0 aliphatic carbocycles. The molecule has 0 atom stereocenters. The highest BCUT2D eigenvalue weighted by molar-refractivity contribution is 5.77. The second-order valence-corrected chi connectivity index (χ2v) is 7.03. The number of amides is 1. The molecule has 28 heavy (non-hydrogen) atoms. The lowest BCUT2D eigenvalue weighted by Crippen LogP contribution is -2.40. The maximum Gasteiger partial charge on any atom is 0.260 e. The van der Waals surface area contributed by atoms with Gasteiger partial charge in [-0.3, -0.25) is 9.78 Å². The Morgan fingerprint density at radius 3 is 2.64 bits per heavy atom. The Kier molecular flexibility index (Phi) is 5.66. The normalized spacial score (nSPS) is 14.8. The summed E-state index contributed by atoms with van der Waals surface area (Å²) in [5.41, 5.74) is 1.16. The topological polar surface area (TPSA) is 60.2 Å². The molecule has 2 aromatic heterocycles. The molecule has 1 amide bonds.